The molecule has 1 N–H and O–H groups in total. The van der Waals surface area contributed by atoms with Crippen LogP contribution in [0.2, 0.25) is 10.0 Å². The fourth-order valence-corrected chi connectivity index (χ4v) is 3.01. The normalized spacial score (nSPS) is 12.4. The third-order valence-corrected chi connectivity index (χ3v) is 4.40. The van der Waals surface area contributed by atoms with Crippen molar-refractivity contribution in [1.29, 1.82) is 0 Å². The van der Waals surface area contributed by atoms with Crippen LogP contribution in [0.15, 0.2) is 36.4 Å². The van der Waals surface area contributed by atoms with E-state index in [1.54, 1.807) is 36.4 Å². The Morgan fingerprint density at radius 2 is 1.85 bits per heavy atom. The summed E-state index contributed by atoms with van der Waals surface area (Å²) in [6, 6.07) is 10.1. The van der Waals surface area contributed by atoms with E-state index in [4.69, 9.17) is 37.4 Å². The van der Waals surface area contributed by atoms with E-state index >= 15 is 0 Å². The lowest BCUT2D eigenvalue weighted by molar-refractivity contribution is -0.144. The molecule has 8 heteroatoms. The number of fused-ring (bicyclic) bond motifs is 1. The van der Waals surface area contributed by atoms with Crippen LogP contribution in [0.1, 0.15) is 22.3 Å². The van der Waals surface area contributed by atoms with Gasteiger partial charge in [-0.2, -0.15) is 0 Å². The predicted molar refractivity (Wildman–Crippen MR) is 101 cm³/mol. The lowest BCUT2D eigenvalue weighted by Gasteiger charge is -2.20. The van der Waals surface area contributed by atoms with Crippen LogP contribution in [0.3, 0.4) is 0 Å². The van der Waals surface area contributed by atoms with Gasteiger partial charge in [0.1, 0.15) is 19.8 Å². The zero-order chi connectivity index (χ0) is 19.2. The summed E-state index contributed by atoms with van der Waals surface area (Å²) in [6.45, 7) is 1.08. The highest BCUT2D eigenvalue weighted by Gasteiger charge is 2.17. The molecule has 2 aromatic rings. The van der Waals surface area contributed by atoms with Gasteiger partial charge in [0.15, 0.2) is 11.5 Å². The second-order valence-electron chi connectivity index (χ2n) is 5.75. The monoisotopic (exact) mass is 409 g/mol. The third-order valence-electron chi connectivity index (χ3n) is 3.79. The topological polar surface area (TPSA) is 73.9 Å². The molecule has 1 heterocycles. The first-order chi connectivity index (χ1) is 13.0. The van der Waals surface area contributed by atoms with Gasteiger partial charge in [0.05, 0.1) is 22.0 Å². The minimum absolute atomic E-state index is 0.0362. The Kier molecular flexibility index (Phi) is 6.42. The van der Waals surface area contributed by atoms with E-state index in [-0.39, 0.29) is 25.5 Å². The molecular weight excluding hydrogens is 393 g/mol. The molecule has 0 saturated heterocycles. The van der Waals surface area contributed by atoms with Gasteiger partial charge in [0.25, 0.3) is 5.91 Å². The maximum absolute atomic E-state index is 12.0. The van der Waals surface area contributed by atoms with E-state index in [2.05, 4.69) is 5.32 Å². The molecule has 0 fully saturated rings. The zero-order valence-corrected chi connectivity index (χ0v) is 15.8. The van der Waals surface area contributed by atoms with Gasteiger partial charge in [-0.05, 0) is 29.8 Å². The van der Waals surface area contributed by atoms with Gasteiger partial charge in [-0.15, -0.1) is 0 Å². The van der Waals surface area contributed by atoms with Crippen molar-refractivity contribution < 1.29 is 23.8 Å². The molecule has 2 aromatic carbocycles. The highest BCUT2D eigenvalue weighted by Crippen LogP contribution is 2.38. The van der Waals surface area contributed by atoms with E-state index in [1.807, 2.05) is 0 Å². The summed E-state index contributed by atoms with van der Waals surface area (Å²) in [5, 5.41) is 3.40. The Morgan fingerprint density at radius 1 is 1.07 bits per heavy atom. The second-order valence-corrected chi connectivity index (χ2v) is 6.56. The molecule has 0 aliphatic carbocycles. The molecule has 0 aromatic heterocycles. The Morgan fingerprint density at radius 3 is 2.67 bits per heavy atom. The van der Waals surface area contributed by atoms with Crippen LogP contribution in [0, 0.1) is 0 Å². The van der Waals surface area contributed by atoms with Gasteiger partial charge >= 0.3 is 5.97 Å². The van der Waals surface area contributed by atoms with Gasteiger partial charge in [-0.25, -0.2) is 0 Å². The first kappa shape index (κ1) is 19.3. The van der Waals surface area contributed by atoms with E-state index < -0.39 is 5.97 Å². The minimum Gasteiger partial charge on any atom is -0.486 e. The molecule has 1 aliphatic heterocycles. The van der Waals surface area contributed by atoms with Crippen LogP contribution in [0.5, 0.6) is 11.5 Å². The number of carbonyl (C=O) groups excluding carboxylic acids is 2. The number of carbonyl (C=O) groups is 2. The summed E-state index contributed by atoms with van der Waals surface area (Å²) in [5.74, 6) is 0.250. The van der Waals surface area contributed by atoms with Crippen LogP contribution in [0.4, 0.5) is 0 Å². The highest BCUT2D eigenvalue weighted by molar-refractivity contribution is 6.33. The number of hydrogen-bond acceptors (Lipinski definition) is 5. The van der Waals surface area contributed by atoms with Gasteiger partial charge in [-0.3, -0.25) is 9.59 Å². The lowest BCUT2D eigenvalue weighted by Crippen LogP contribution is -2.26. The molecule has 0 bridgehead atoms. The van der Waals surface area contributed by atoms with Gasteiger partial charge in [0, 0.05) is 6.54 Å². The summed E-state index contributed by atoms with van der Waals surface area (Å²) in [6.07, 6.45) is 0.0362. The van der Waals surface area contributed by atoms with Crippen molar-refractivity contribution in [2.75, 3.05) is 19.8 Å². The highest BCUT2D eigenvalue weighted by atomic mass is 35.5. The summed E-state index contributed by atoms with van der Waals surface area (Å²) in [4.78, 5) is 23.9. The number of hydrogen-bond donors (Lipinski definition) is 1. The Bertz CT molecular complexity index is 856. The average Bonchev–Trinajstić information content (AvgIpc) is 2.66. The molecule has 27 heavy (non-hydrogen) atoms. The van der Waals surface area contributed by atoms with Gasteiger partial charge < -0.3 is 19.5 Å². The number of nitrogens with one attached hydrogen (secondary N) is 1. The fourth-order valence-electron chi connectivity index (χ4n) is 2.50. The molecule has 0 unspecified atom stereocenters. The number of ether oxygens (including phenoxy) is 3. The van der Waals surface area contributed by atoms with Crippen molar-refractivity contribution in [3.8, 4) is 11.5 Å². The van der Waals surface area contributed by atoms with Gasteiger partial charge in [-0.1, -0.05) is 35.3 Å². The largest absolute Gasteiger partial charge is 0.486 e. The molecule has 0 radical (unpaired) electrons. The summed E-state index contributed by atoms with van der Waals surface area (Å²) in [5.41, 5.74) is 1.05. The molecule has 0 saturated carbocycles. The summed E-state index contributed by atoms with van der Waals surface area (Å²) >= 11 is 12.1. The quantitative estimate of drug-likeness (QED) is 0.737. The standard InChI is InChI=1S/C19H17Cl2NO5/c20-14-4-2-1-3-13(14)19(24)22-6-5-17(23)27-11-12-9-15(21)18-16(10-12)25-7-8-26-18/h1-4,9-10H,5-8,11H2,(H,22,24). The van der Waals surface area contributed by atoms with Crippen LogP contribution >= 0.6 is 23.2 Å². The van der Waals surface area contributed by atoms with Crippen LogP contribution in [0.25, 0.3) is 0 Å². The SMILES string of the molecule is O=C(CCNC(=O)c1ccccc1Cl)OCc1cc(Cl)c2c(c1)OCCO2. The van der Waals surface area contributed by atoms with E-state index in [0.29, 0.717) is 45.9 Å². The van der Waals surface area contributed by atoms with Crippen molar-refractivity contribution in [3.05, 3.63) is 57.6 Å². The Balaban J connectivity index is 1.46. The summed E-state index contributed by atoms with van der Waals surface area (Å²) in [7, 11) is 0. The number of benzene rings is 2. The molecule has 3 rings (SSSR count). The van der Waals surface area contributed by atoms with Gasteiger partial charge in [0.2, 0.25) is 0 Å². The fraction of sp³-hybridized carbons (Fsp3) is 0.263. The molecule has 1 amide bonds. The molecule has 6 nitrogen and oxygen atoms in total. The van der Waals surface area contributed by atoms with Crippen LogP contribution in [-0.2, 0) is 16.1 Å². The first-order valence-corrected chi connectivity index (χ1v) is 9.06. The van der Waals surface area contributed by atoms with E-state index in [0.717, 1.165) is 0 Å². The van der Waals surface area contributed by atoms with Crippen molar-refractivity contribution >= 4 is 35.1 Å². The smallest absolute Gasteiger partial charge is 0.307 e. The third kappa shape index (κ3) is 5.05. The van der Waals surface area contributed by atoms with Crippen molar-refractivity contribution in [1.82, 2.24) is 5.32 Å². The van der Waals surface area contributed by atoms with Crippen molar-refractivity contribution in [2.24, 2.45) is 0 Å². The average molecular weight is 410 g/mol. The molecule has 142 valence electrons. The molecular formula is C19H17Cl2NO5. The van der Waals surface area contributed by atoms with E-state index in [1.165, 1.54) is 0 Å². The maximum Gasteiger partial charge on any atom is 0.307 e. The maximum atomic E-state index is 12.0. The van der Waals surface area contributed by atoms with Crippen molar-refractivity contribution in [2.45, 2.75) is 13.0 Å². The van der Waals surface area contributed by atoms with Crippen LogP contribution < -0.4 is 14.8 Å². The second kappa shape index (κ2) is 8.97. The van der Waals surface area contributed by atoms with Crippen LogP contribution in [-0.4, -0.2) is 31.6 Å². The minimum atomic E-state index is -0.444. The lowest BCUT2D eigenvalue weighted by atomic mass is 10.2. The summed E-state index contributed by atoms with van der Waals surface area (Å²) < 4.78 is 16.1. The number of amides is 1. The Hall–Kier alpha value is -2.44. The first-order valence-electron chi connectivity index (χ1n) is 8.31. The predicted octanol–water partition coefficient (Wildman–Crippen LogP) is 3.63. The van der Waals surface area contributed by atoms with E-state index in [9.17, 15) is 9.59 Å². The molecule has 1 aliphatic rings. The van der Waals surface area contributed by atoms with Crippen molar-refractivity contribution in [3.63, 3.8) is 0 Å². The number of halogens is 2. The molecule has 0 spiro atoms. The Labute approximate surface area is 166 Å². The number of esters is 1. The number of rotatable bonds is 6. The zero-order valence-electron chi connectivity index (χ0n) is 14.3. The molecule has 0 atom stereocenters.